The van der Waals surface area contributed by atoms with Gasteiger partial charge in [-0.25, -0.2) is 0 Å². The second kappa shape index (κ2) is 7.20. The number of rotatable bonds is 4. The van der Waals surface area contributed by atoms with Gasteiger partial charge in [-0.2, -0.15) is 0 Å². The number of anilines is 1. The van der Waals surface area contributed by atoms with Gasteiger partial charge in [0.2, 0.25) is 5.91 Å². The van der Waals surface area contributed by atoms with Gasteiger partial charge >= 0.3 is 0 Å². The molecule has 4 heteroatoms. The average molecular weight is 338 g/mol. The standard InChI is InChI=1S/C20H16ClNO2/c1-14(23)22-18-11-8-16(19(13-18)20-3-2-12-24-20)7-4-15-5-9-17(21)10-6-15/h2-13H,1H3,(H,22,23). The summed E-state index contributed by atoms with van der Waals surface area (Å²) in [6.07, 6.45) is 5.65. The lowest BCUT2D eigenvalue weighted by atomic mass is 10.0. The molecular weight excluding hydrogens is 322 g/mol. The van der Waals surface area contributed by atoms with Crippen molar-refractivity contribution in [3.8, 4) is 11.3 Å². The molecule has 3 nitrogen and oxygen atoms in total. The Bertz CT molecular complexity index is 865. The SMILES string of the molecule is CC(=O)Nc1ccc(C=Cc2ccc(Cl)cc2)c(-c2ccco2)c1. The van der Waals surface area contributed by atoms with Gasteiger partial charge in [0.05, 0.1) is 6.26 Å². The lowest BCUT2D eigenvalue weighted by Crippen LogP contribution is -2.05. The molecular formula is C20H16ClNO2. The Morgan fingerprint density at radius 2 is 1.88 bits per heavy atom. The molecule has 0 saturated heterocycles. The Labute approximate surface area is 145 Å². The quantitative estimate of drug-likeness (QED) is 0.618. The van der Waals surface area contributed by atoms with Crippen LogP contribution < -0.4 is 5.32 Å². The highest BCUT2D eigenvalue weighted by molar-refractivity contribution is 6.30. The second-order valence-corrected chi connectivity index (χ2v) is 5.78. The minimum atomic E-state index is -0.107. The third-order valence-electron chi connectivity index (χ3n) is 3.49. The predicted octanol–water partition coefficient (Wildman–Crippen LogP) is 5.73. The van der Waals surface area contributed by atoms with Crippen LogP contribution in [-0.4, -0.2) is 5.91 Å². The van der Waals surface area contributed by atoms with E-state index in [9.17, 15) is 4.79 Å². The lowest BCUT2D eigenvalue weighted by molar-refractivity contribution is -0.114. The number of hydrogen-bond acceptors (Lipinski definition) is 2. The first kappa shape index (κ1) is 16.1. The second-order valence-electron chi connectivity index (χ2n) is 5.35. The van der Waals surface area contributed by atoms with E-state index in [4.69, 9.17) is 16.0 Å². The van der Waals surface area contributed by atoms with Crippen LogP contribution in [0.4, 0.5) is 5.69 Å². The smallest absolute Gasteiger partial charge is 0.221 e. The van der Waals surface area contributed by atoms with Crippen LogP contribution in [0, 0.1) is 0 Å². The molecule has 24 heavy (non-hydrogen) atoms. The van der Waals surface area contributed by atoms with Gasteiger partial charge in [0.15, 0.2) is 0 Å². The van der Waals surface area contributed by atoms with Crippen LogP contribution in [0.5, 0.6) is 0 Å². The van der Waals surface area contributed by atoms with E-state index in [1.807, 2.05) is 66.7 Å². The van der Waals surface area contributed by atoms with Gasteiger partial charge in [0.25, 0.3) is 0 Å². The van der Waals surface area contributed by atoms with Gasteiger partial charge in [-0.15, -0.1) is 0 Å². The van der Waals surface area contributed by atoms with Crippen LogP contribution in [0.3, 0.4) is 0 Å². The average Bonchev–Trinajstić information content (AvgIpc) is 3.09. The molecule has 1 aromatic heterocycles. The first-order valence-electron chi connectivity index (χ1n) is 7.51. The third-order valence-corrected chi connectivity index (χ3v) is 3.74. The predicted molar refractivity (Wildman–Crippen MR) is 98.8 cm³/mol. The van der Waals surface area contributed by atoms with Crippen LogP contribution in [0.25, 0.3) is 23.5 Å². The molecule has 0 atom stereocenters. The van der Waals surface area contributed by atoms with E-state index in [-0.39, 0.29) is 5.91 Å². The number of carbonyl (C=O) groups is 1. The van der Waals surface area contributed by atoms with Crippen molar-refractivity contribution in [2.75, 3.05) is 5.32 Å². The van der Waals surface area contributed by atoms with E-state index in [0.717, 1.165) is 28.1 Å². The van der Waals surface area contributed by atoms with Crippen molar-refractivity contribution in [3.63, 3.8) is 0 Å². The van der Waals surface area contributed by atoms with Crippen LogP contribution in [0.2, 0.25) is 5.02 Å². The summed E-state index contributed by atoms with van der Waals surface area (Å²) in [5.41, 5.74) is 3.69. The zero-order valence-electron chi connectivity index (χ0n) is 13.1. The van der Waals surface area contributed by atoms with Crippen molar-refractivity contribution in [1.29, 1.82) is 0 Å². The van der Waals surface area contributed by atoms with Gasteiger partial charge < -0.3 is 9.73 Å². The molecule has 1 N–H and O–H groups in total. The van der Waals surface area contributed by atoms with Crippen LogP contribution in [-0.2, 0) is 4.79 Å². The van der Waals surface area contributed by atoms with Gasteiger partial charge in [-0.3, -0.25) is 4.79 Å². The molecule has 0 saturated carbocycles. The molecule has 0 aliphatic rings. The highest BCUT2D eigenvalue weighted by Crippen LogP contribution is 2.29. The Kier molecular flexibility index (Phi) is 4.82. The zero-order valence-corrected chi connectivity index (χ0v) is 13.9. The van der Waals surface area contributed by atoms with Crippen LogP contribution in [0.15, 0.2) is 65.3 Å². The molecule has 120 valence electrons. The Hall–Kier alpha value is -2.78. The van der Waals surface area contributed by atoms with Crippen molar-refractivity contribution < 1.29 is 9.21 Å². The summed E-state index contributed by atoms with van der Waals surface area (Å²) in [5, 5.41) is 3.51. The van der Waals surface area contributed by atoms with Crippen LogP contribution in [0.1, 0.15) is 18.1 Å². The van der Waals surface area contributed by atoms with E-state index in [0.29, 0.717) is 5.02 Å². The molecule has 2 aromatic carbocycles. The minimum Gasteiger partial charge on any atom is -0.464 e. The number of furan rings is 1. The summed E-state index contributed by atoms with van der Waals surface area (Å²) in [4.78, 5) is 11.3. The van der Waals surface area contributed by atoms with Gasteiger partial charge in [-0.1, -0.05) is 42.0 Å². The normalized spacial score (nSPS) is 10.9. The third kappa shape index (κ3) is 3.94. The Morgan fingerprint density at radius 1 is 1.08 bits per heavy atom. The molecule has 3 rings (SSSR count). The summed E-state index contributed by atoms with van der Waals surface area (Å²) < 4.78 is 5.52. The van der Waals surface area contributed by atoms with E-state index >= 15 is 0 Å². The molecule has 0 fully saturated rings. The van der Waals surface area contributed by atoms with E-state index < -0.39 is 0 Å². The molecule has 1 amide bonds. The fourth-order valence-electron chi connectivity index (χ4n) is 2.39. The first-order chi connectivity index (χ1) is 11.6. The molecule has 0 aliphatic carbocycles. The number of amides is 1. The largest absolute Gasteiger partial charge is 0.464 e. The Morgan fingerprint density at radius 3 is 2.54 bits per heavy atom. The van der Waals surface area contributed by atoms with E-state index in [1.165, 1.54) is 6.92 Å². The van der Waals surface area contributed by atoms with Crippen LogP contribution >= 0.6 is 11.6 Å². The maximum Gasteiger partial charge on any atom is 0.221 e. The molecule has 0 aliphatic heterocycles. The zero-order chi connectivity index (χ0) is 16.9. The molecule has 0 bridgehead atoms. The molecule has 0 spiro atoms. The summed E-state index contributed by atoms with van der Waals surface area (Å²) in [7, 11) is 0. The van der Waals surface area contributed by atoms with E-state index in [1.54, 1.807) is 6.26 Å². The fraction of sp³-hybridized carbons (Fsp3) is 0.0500. The summed E-state index contributed by atoms with van der Waals surface area (Å²) >= 11 is 5.91. The van der Waals surface area contributed by atoms with E-state index in [2.05, 4.69) is 5.32 Å². The maximum absolute atomic E-state index is 11.3. The number of halogens is 1. The number of carbonyl (C=O) groups excluding carboxylic acids is 1. The highest BCUT2D eigenvalue weighted by atomic mass is 35.5. The summed E-state index contributed by atoms with van der Waals surface area (Å²) in [6.45, 7) is 1.49. The summed E-state index contributed by atoms with van der Waals surface area (Å²) in [6, 6.07) is 17.1. The van der Waals surface area contributed by atoms with Crippen molar-refractivity contribution >= 4 is 35.3 Å². The highest BCUT2D eigenvalue weighted by Gasteiger charge is 2.08. The maximum atomic E-state index is 11.3. The van der Waals surface area contributed by atoms with Gasteiger partial charge in [-0.05, 0) is 47.5 Å². The van der Waals surface area contributed by atoms with Crippen molar-refractivity contribution in [3.05, 3.63) is 77.0 Å². The lowest BCUT2D eigenvalue weighted by Gasteiger charge is -2.08. The molecule has 1 heterocycles. The molecule has 0 radical (unpaired) electrons. The summed E-state index contributed by atoms with van der Waals surface area (Å²) in [5.74, 6) is 0.641. The molecule has 0 unspecified atom stereocenters. The van der Waals surface area contributed by atoms with Crippen molar-refractivity contribution in [1.82, 2.24) is 0 Å². The van der Waals surface area contributed by atoms with Crippen molar-refractivity contribution in [2.45, 2.75) is 6.92 Å². The number of benzene rings is 2. The topological polar surface area (TPSA) is 42.2 Å². The number of nitrogens with one attached hydrogen (secondary N) is 1. The minimum absolute atomic E-state index is 0.107. The van der Waals surface area contributed by atoms with Crippen molar-refractivity contribution in [2.24, 2.45) is 0 Å². The first-order valence-corrected chi connectivity index (χ1v) is 7.89. The Balaban J connectivity index is 1.97. The van der Waals surface area contributed by atoms with Gasteiger partial charge in [0, 0.05) is 23.2 Å². The monoisotopic (exact) mass is 337 g/mol. The molecule has 3 aromatic rings. The van der Waals surface area contributed by atoms with Gasteiger partial charge in [0.1, 0.15) is 5.76 Å². The fourth-order valence-corrected chi connectivity index (χ4v) is 2.51. The number of hydrogen-bond donors (Lipinski definition) is 1.